The van der Waals surface area contributed by atoms with E-state index in [2.05, 4.69) is 10.1 Å². The maximum Gasteiger partial charge on any atom is 0.343 e. The summed E-state index contributed by atoms with van der Waals surface area (Å²) < 4.78 is 5.89. The first-order chi connectivity index (χ1) is 9.56. The van der Waals surface area contributed by atoms with E-state index in [9.17, 15) is 9.59 Å². The van der Waals surface area contributed by atoms with E-state index in [4.69, 9.17) is 10.5 Å². The van der Waals surface area contributed by atoms with Gasteiger partial charge in [0, 0.05) is 18.0 Å². The fourth-order valence-corrected chi connectivity index (χ4v) is 1.77. The molecule has 0 radical (unpaired) electrons. The molecular weight excluding hydrogens is 260 g/mol. The van der Waals surface area contributed by atoms with Crippen molar-refractivity contribution in [3.05, 3.63) is 41.3 Å². The molecule has 0 aliphatic heterocycles. The van der Waals surface area contributed by atoms with Crippen LogP contribution in [0.1, 0.15) is 33.3 Å². The Hall–Kier alpha value is -2.70. The number of pyridine rings is 1. The number of ether oxygens (including phenoxy) is 1. The van der Waals surface area contributed by atoms with Crippen molar-refractivity contribution in [2.75, 3.05) is 12.3 Å². The molecule has 2 N–H and O–H groups in total. The SMILES string of the molecule is CCOC(=O)c1c(C)nn(C(=O)c2ccncc2)c1N. The highest BCUT2D eigenvalue weighted by atomic mass is 16.5. The second-order valence-electron chi connectivity index (χ2n) is 4.02. The lowest BCUT2D eigenvalue weighted by Gasteiger charge is -2.04. The van der Waals surface area contributed by atoms with Gasteiger partial charge in [-0.15, -0.1) is 0 Å². The lowest BCUT2D eigenvalue weighted by atomic mass is 10.2. The van der Waals surface area contributed by atoms with E-state index in [0.29, 0.717) is 11.3 Å². The van der Waals surface area contributed by atoms with Crippen LogP contribution in [0.3, 0.4) is 0 Å². The smallest absolute Gasteiger partial charge is 0.343 e. The molecule has 0 aliphatic rings. The predicted molar refractivity (Wildman–Crippen MR) is 71.3 cm³/mol. The minimum atomic E-state index is -0.587. The van der Waals surface area contributed by atoms with Gasteiger partial charge in [0.05, 0.1) is 12.3 Å². The van der Waals surface area contributed by atoms with Gasteiger partial charge in [-0.25, -0.2) is 4.79 Å². The number of aromatic nitrogens is 3. The van der Waals surface area contributed by atoms with Crippen molar-refractivity contribution in [1.82, 2.24) is 14.8 Å². The van der Waals surface area contributed by atoms with Gasteiger partial charge in [-0.1, -0.05) is 0 Å². The largest absolute Gasteiger partial charge is 0.462 e. The molecule has 0 saturated carbocycles. The zero-order valence-corrected chi connectivity index (χ0v) is 11.2. The van der Waals surface area contributed by atoms with Gasteiger partial charge in [0.2, 0.25) is 0 Å². The summed E-state index contributed by atoms with van der Waals surface area (Å²) in [6.07, 6.45) is 2.98. The average Bonchev–Trinajstić information content (AvgIpc) is 2.74. The van der Waals surface area contributed by atoms with Crippen LogP contribution in [-0.2, 0) is 4.74 Å². The summed E-state index contributed by atoms with van der Waals surface area (Å²) in [7, 11) is 0. The molecule has 0 unspecified atom stereocenters. The second-order valence-corrected chi connectivity index (χ2v) is 4.02. The monoisotopic (exact) mass is 274 g/mol. The van der Waals surface area contributed by atoms with Gasteiger partial charge >= 0.3 is 5.97 Å². The third kappa shape index (κ3) is 2.37. The van der Waals surface area contributed by atoms with Crippen molar-refractivity contribution < 1.29 is 14.3 Å². The third-order valence-corrected chi connectivity index (χ3v) is 2.70. The van der Waals surface area contributed by atoms with Gasteiger partial charge in [-0.2, -0.15) is 9.78 Å². The molecule has 2 heterocycles. The molecule has 2 aromatic heterocycles. The molecule has 0 amide bonds. The van der Waals surface area contributed by atoms with Crippen molar-refractivity contribution in [1.29, 1.82) is 0 Å². The molecule has 2 aromatic rings. The van der Waals surface area contributed by atoms with Gasteiger partial charge in [-0.3, -0.25) is 9.78 Å². The molecular formula is C13H14N4O3. The standard InChI is InChI=1S/C13H14N4O3/c1-3-20-13(19)10-8(2)16-17(11(10)14)12(18)9-4-6-15-7-5-9/h4-7H,3,14H2,1-2H3. The molecule has 0 fully saturated rings. The number of hydrogen-bond donors (Lipinski definition) is 1. The molecule has 0 bridgehead atoms. The lowest BCUT2D eigenvalue weighted by molar-refractivity contribution is 0.0527. The maximum atomic E-state index is 12.3. The highest BCUT2D eigenvalue weighted by Gasteiger charge is 2.24. The van der Waals surface area contributed by atoms with Gasteiger partial charge in [-0.05, 0) is 26.0 Å². The lowest BCUT2D eigenvalue weighted by Crippen LogP contribution is -2.17. The van der Waals surface area contributed by atoms with Crippen molar-refractivity contribution in [3.8, 4) is 0 Å². The fraction of sp³-hybridized carbons (Fsp3) is 0.231. The van der Waals surface area contributed by atoms with Crippen LogP contribution in [0.4, 0.5) is 5.82 Å². The Labute approximate surface area is 115 Å². The highest BCUT2D eigenvalue weighted by Crippen LogP contribution is 2.18. The van der Waals surface area contributed by atoms with Crippen molar-refractivity contribution in [2.45, 2.75) is 13.8 Å². The number of carbonyl (C=O) groups excluding carboxylic acids is 2. The van der Waals surface area contributed by atoms with Crippen molar-refractivity contribution in [3.63, 3.8) is 0 Å². The molecule has 0 saturated heterocycles. The summed E-state index contributed by atoms with van der Waals surface area (Å²) in [4.78, 5) is 27.9. The van der Waals surface area contributed by atoms with Crippen LogP contribution in [0.5, 0.6) is 0 Å². The van der Waals surface area contributed by atoms with Crippen LogP contribution in [-0.4, -0.2) is 33.2 Å². The molecule has 0 aliphatic carbocycles. The summed E-state index contributed by atoms with van der Waals surface area (Å²) in [6.45, 7) is 3.51. The van der Waals surface area contributed by atoms with Crippen LogP contribution in [0.2, 0.25) is 0 Å². The first kappa shape index (κ1) is 13.7. The molecule has 0 spiro atoms. The van der Waals surface area contributed by atoms with E-state index in [1.807, 2.05) is 0 Å². The van der Waals surface area contributed by atoms with E-state index >= 15 is 0 Å². The Morgan fingerprint density at radius 3 is 2.60 bits per heavy atom. The number of aryl methyl sites for hydroxylation is 1. The van der Waals surface area contributed by atoms with E-state index in [1.54, 1.807) is 26.0 Å². The highest BCUT2D eigenvalue weighted by molar-refractivity contribution is 6.02. The number of nitrogens with two attached hydrogens (primary N) is 1. The Morgan fingerprint density at radius 1 is 1.35 bits per heavy atom. The van der Waals surface area contributed by atoms with Crippen LogP contribution in [0, 0.1) is 6.92 Å². The molecule has 0 atom stereocenters. The van der Waals surface area contributed by atoms with E-state index in [-0.39, 0.29) is 18.0 Å². The Kier molecular flexibility index (Phi) is 3.79. The maximum absolute atomic E-state index is 12.3. The Bertz CT molecular complexity index is 649. The van der Waals surface area contributed by atoms with Crippen molar-refractivity contribution in [2.24, 2.45) is 0 Å². The minimum Gasteiger partial charge on any atom is -0.462 e. The van der Waals surface area contributed by atoms with Crippen LogP contribution >= 0.6 is 0 Å². The zero-order chi connectivity index (χ0) is 14.7. The van der Waals surface area contributed by atoms with E-state index in [1.165, 1.54) is 12.4 Å². The minimum absolute atomic E-state index is 0.0252. The number of rotatable bonds is 3. The molecule has 2 rings (SSSR count). The quantitative estimate of drug-likeness (QED) is 0.839. The number of nitrogens with zero attached hydrogens (tertiary/aromatic N) is 3. The summed E-state index contributed by atoms with van der Waals surface area (Å²) in [5, 5.41) is 4.01. The summed E-state index contributed by atoms with van der Waals surface area (Å²) in [5.74, 6) is -1.04. The van der Waals surface area contributed by atoms with Crippen LogP contribution in [0.25, 0.3) is 0 Å². The summed E-state index contributed by atoms with van der Waals surface area (Å²) in [6, 6.07) is 3.09. The fourth-order valence-electron chi connectivity index (χ4n) is 1.77. The number of esters is 1. The van der Waals surface area contributed by atoms with Crippen LogP contribution < -0.4 is 5.73 Å². The van der Waals surface area contributed by atoms with Gasteiger partial charge in [0.1, 0.15) is 11.4 Å². The molecule has 7 nitrogen and oxygen atoms in total. The molecule has 104 valence electrons. The zero-order valence-electron chi connectivity index (χ0n) is 11.2. The number of hydrogen-bond acceptors (Lipinski definition) is 6. The van der Waals surface area contributed by atoms with Crippen molar-refractivity contribution >= 4 is 17.7 Å². The third-order valence-electron chi connectivity index (χ3n) is 2.70. The number of carbonyl (C=O) groups is 2. The average molecular weight is 274 g/mol. The normalized spacial score (nSPS) is 10.3. The van der Waals surface area contributed by atoms with E-state index in [0.717, 1.165) is 4.68 Å². The molecule has 20 heavy (non-hydrogen) atoms. The second kappa shape index (κ2) is 5.52. The topological polar surface area (TPSA) is 100 Å². The Balaban J connectivity index is 2.42. The summed E-state index contributed by atoms with van der Waals surface area (Å²) in [5.41, 5.74) is 6.69. The number of nitrogen functional groups attached to an aromatic ring is 1. The van der Waals surface area contributed by atoms with Gasteiger partial charge < -0.3 is 10.5 Å². The number of anilines is 1. The predicted octanol–water partition coefficient (Wildman–Crippen LogP) is 1.03. The summed E-state index contributed by atoms with van der Waals surface area (Å²) >= 11 is 0. The first-order valence-electron chi connectivity index (χ1n) is 6.03. The van der Waals surface area contributed by atoms with Gasteiger partial charge in [0.25, 0.3) is 5.91 Å². The molecule has 0 aromatic carbocycles. The first-order valence-corrected chi connectivity index (χ1v) is 6.03. The van der Waals surface area contributed by atoms with Crippen LogP contribution in [0.15, 0.2) is 24.5 Å². The van der Waals surface area contributed by atoms with Gasteiger partial charge in [0.15, 0.2) is 0 Å². The Morgan fingerprint density at radius 2 is 2.00 bits per heavy atom. The van der Waals surface area contributed by atoms with E-state index < -0.39 is 11.9 Å². The molecule has 7 heteroatoms.